The average molecular weight is 322 g/mol. The Hall–Kier alpha value is -1.64. The molecule has 2 heteroatoms. The fourth-order valence-corrected chi connectivity index (χ4v) is 3.54. The van der Waals surface area contributed by atoms with E-state index in [0.717, 1.165) is 19.5 Å². The lowest BCUT2D eigenvalue weighted by atomic mass is 9.98. The molecule has 0 amide bonds. The lowest BCUT2D eigenvalue weighted by molar-refractivity contribution is 0.226. The first-order valence-electron chi connectivity index (χ1n) is 9.37. The van der Waals surface area contributed by atoms with Crippen LogP contribution < -0.4 is 5.32 Å². The van der Waals surface area contributed by atoms with E-state index in [-0.39, 0.29) is 0 Å². The van der Waals surface area contributed by atoms with Crippen molar-refractivity contribution in [1.82, 2.24) is 10.2 Å². The zero-order chi connectivity index (χ0) is 16.6. The molecule has 2 aromatic rings. The second kappa shape index (κ2) is 9.00. The first-order valence-corrected chi connectivity index (χ1v) is 9.37. The van der Waals surface area contributed by atoms with Crippen molar-refractivity contribution in [3.63, 3.8) is 0 Å². The van der Waals surface area contributed by atoms with Gasteiger partial charge in [0.15, 0.2) is 0 Å². The number of nitrogens with zero attached hydrogens (tertiary/aromatic N) is 1. The molecule has 1 atom stereocenters. The Balaban J connectivity index is 1.61. The molecule has 0 radical (unpaired) electrons. The summed E-state index contributed by atoms with van der Waals surface area (Å²) < 4.78 is 0. The van der Waals surface area contributed by atoms with Crippen LogP contribution in [0.5, 0.6) is 0 Å². The molecule has 128 valence electrons. The lowest BCUT2D eigenvalue weighted by Crippen LogP contribution is -2.37. The van der Waals surface area contributed by atoms with E-state index >= 15 is 0 Å². The van der Waals surface area contributed by atoms with Crippen molar-refractivity contribution in [3.05, 3.63) is 71.3 Å². The van der Waals surface area contributed by atoms with E-state index in [9.17, 15) is 0 Å². The molecule has 2 nitrogen and oxygen atoms in total. The summed E-state index contributed by atoms with van der Waals surface area (Å²) in [6, 6.07) is 20.2. The zero-order valence-corrected chi connectivity index (χ0v) is 14.9. The molecule has 0 spiro atoms. The first-order chi connectivity index (χ1) is 11.8. The Bertz CT molecular complexity index is 585. The predicted molar refractivity (Wildman–Crippen MR) is 102 cm³/mol. The monoisotopic (exact) mass is 322 g/mol. The topological polar surface area (TPSA) is 15.3 Å². The number of aryl methyl sites for hydroxylation is 1. The largest absolute Gasteiger partial charge is 0.308 e. The molecule has 1 N–H and O–H groups in total. The molecule has 1 heterocycles. The minimum Gasteiger partial charge on any atom is -0.308 e. The highest BCUT2D eigenvalue weighted by atomic mass is 15.1. The molecule has 1 fully saturated rings. The van der Waals surface area contributed by atoms with Crippen LogP contribution in [0.15, 0.2) is 54.6 Å². The highest BCUT2D eigenvalue weighted by Gasteiger charge is 2.14. The summed E-state index contributed by atoms with van der Waals surface area (Å²) in [5, 5.41) is 3.81. The molecule has 0 aliphatic carbocycles. The van der Waals surface area contributed by atoms with Crippen molar-refractivity contribution >= 4 is 0 Å². The van der Waals surface area contributed by atoms with Crippen LogP contribution in [-0.4, -0.2) is 31.1 Å². The molecule has 0 bridgehead atoms. The van der Waals surface area contributed by atoms with Gasteiger partial charge < -0.3 is 10.2 Å². The van der Waals surface area contributed by atoms with E-state index < -0.39 is 0 Å². The standard InChI is InChI=1S/C22H30N2/c1-19-10-12-21(13-11-19)22(18-20-8-4-2-5-9-20)23-14-17-24-15-6-3-7-16-24/h2,4-5,8-13,22-23H,3,6-7,14-18H2,1H3. The van der Waals surface area contributed by atoms with Gasteiger partial charge in [-0.25, -0.2) is 0 Å². The Morgan fingerprint density at radius 3 is 2.33 bits per heavy atom. The van der Waals surface area contributed by atoms with E-state index in [1.54, 1.807) is 0 Å². The van der Waals surface area contributed by atoms with Crippen molar-refractivity contribution < 1.29 is 0 Å². The van der Waals surface area contributed by atoms with E-state index in [0.29, 0.717) is 6.04 Å². The summed E-state index contributed by atoms with van der Waals surface area (Å²) in [5.74, 6) is 0. The van der Waals surface area contributed by atoms with Crippen LogP contribution in [0.25, 0.3) is 0 Å². The van der Waals surface area contributed by atoms with Gasteiger partial charge in [0.05, 0.1) is 0 Å². The molecule has 1 saturated heterocycles. The van der Waals surface area contributed by atoms with E-state index in [1.165, 1.54) is 49.0 Å². The van der Waals surface area contributed by atoms with Crippen molar-refractivity contribution in [3.8, 4) is 0 Å². The summed E-state index contributed by atoms with van der Waals surface area (Å²) in [5.41, 5.74) is 4.11. The van der Waals surface area contributed by atoms with Crippen LogP contribution in [0, 0.1) is 6.92 Å². The molecule has 0 aromatic heterocycles. The minimum absolute atomic E-state index is 0.387. The van der Waals surface area contributed by atoms with Crippen LogP contribution in [0.3, 0.4) is 0 Å². The highest BCUT2D eigenvalue weighted by molar-refractivity contribution is 5.26. The van der Waals surface area contributed by atoms with E-state index in [1.807, 2.05) is 0 Å². The smallest absolute Gasteiger partial charge is 0.0361 e. The van der Waals surface area contributed by atoms with Crippen molar-refractivity contribution in [2.24, 2.45) is 0 Å². The van der Waals surface area contributed by atoms with Gasteiger partial charge in [0, 0.05) is 19.1 Å². The number of piperidine rings is 1. The molecule has 24 heavy (non-hydrogen) atoms. The first kappa shape index (κ1) is 17.2. The Labute approximate surface area is 146 Å². The zero-order valence-electron chi connectivity index (χ0n) is 14.9. The third-order valence-corrected chi connectivity index (χ3v) is 5.03. The van der Waals surface area contributed by atoms with Gasteiger partial charge in [0.2, 0.25) is 0 Å². The maximum absolute atomic E-state index is 3.81. The number of benzene rings is 2. The number of likely N-dealkylation sites (tertiary alicyclic amines) is 1. The number of hydrogen-bond donors (Lipinski definition) is 1. The summed E-state index contributed by atoms with van der Waals surface area (Å²) in [6.07, 6.45) is 5.19. The quantitative estimate of drug-likeness (QED) is 0.815. The van der Waals surface area contributed by atoms with Crippen molar-refractivity contribution in [1.29, 1.82) is 0 Å². The van der Waals surface area contributed by atoms with Gasteiger partial charge in [-0.1, -0.05) is 66.6 Å². The van der Waals surface area contributed by atoms with Crippen LogP contribution >= 0.6 is 0 Å². The number of rotatable bonds is 7. The van der Waals surface area contributed by atoms with Crippen LogP contribution in [0.2, 0.25) is 0 Å². The predicted octanol–water partition coefficient (Wildman–Crippen LogP) is 4.35. The molecule has 2 aromatic carbocycles. The maximum Gasteiger partial charge on any atom is 0.0361 e. The highest BCUT2D eigenvalue weighted by Crippen LogP contribution is 2.19. The van der Waals surface area contributed by atoms with Crippen molar-refractivity contribution in [2.75, 3.05) is 26.2 Å². The van der Waals surface area contributed by atoms with Crippen LogP contribution in [0.1, 0.15) is 42.0 Å². The Kier molecular flexibility index (Phi) is 6.45. The second-order valence-corrected chi connectivity index (χ2v) is 7.01. The van der Waals surface area contributed by atoms with E-state index in [2.05, 4.69) is 71.7 Å². The Morgan fingerprint density at radius 1 is 0.917 bits per heavy atom. The fourth-order valence-electron chi connectivity index (χ4n) is 3.54. The Morgan fingerprint density at radius 2 is 1.62 bits per heavy atom. The van der Waals surface area contributed by atoms with Gasteiger partial charge in [0.25, 0.3) is 0 Å². The van der Waals surface area contributed by atoms with Crippen LogP contribution in [0.4, 0.5) is 0 Å². The van der Waals surface area contributed by atoms with Gasteiger partial charge in [-0.05, 0) is 50.4 Å². The maximum atomic E-state index is 3.81. The summed E-state index contributed by atoms with van der Waals surface area (Å²) in [6.45, 7) is 6.92. The molecule has 3 rings (SSSR count). The van der Waals surface area contributed by atoms with Gasteiger partial charge in [-0.15, -0.1) is 0 Å². The van der Waals surface area contributed by atoms with Gasteiger partial charge in [-0.2, -0.15) is 0 Å². The fraction of sp³-hybridized carbons (Fsp3) is 0.455. The SMILES string of the molecule is Cc1ccc(C(Cc2ccccc2)NCCN2CCCCC2)cc1. The average Bonchev–Trinajstić information content (AvgIpc) is 2.63. The third kappa shape index (κ3) is 5.19. The van der Waals surface area contributed by atoms with Gasteiger partial charge in [-0.3, -0.25) is 0 Å². The molecule has 0 saturated carbocycles. The van der Waals surface area contributed by atoms with Crippen LogP contribution in [-0.2, 0) is 6.42 Å². The second-order valence-electron chi connectivity index (χ2n) is 7.01. The summed E-state index contributed by atoms with van der Waals surface area (Å²) in [4.78, 5) is 2.60. The van der Waals surface area contributed by atoms with E-state index in [4.69, 9.17) is 0 Å². The minimum atomic E-state index is 0.387. The van der Waals surface area contributed by atoms with Gasteiger partial charge in [0.1, 0.15) is 0 Å². The number of nitrogens with one attached hydrogen (secondary N) is 1. The summed E-state index contributed by atoms with van der Waals surface area (Å²) >= 11 is 0. The normalized spacial score (nSPS) is 16.9. The molecule has 1 aliphatic heterocycles. The summed E-state index contributed by atoms with van der Waals surface area (Å²) in [7, 11) is 0. The number of hydrogen-bond acceptors (Lipinski definition) is 2. The molecule has 1 unspecified atom stereocenters. The molecular weight excluding hydrogens is 292 g/mol. The molecular formula is C22H30N2. The van der Waals surface area contributed by atoms with Crippen molar-refractivity contribution in [2.45, 2.75) is 38.6 Å². The third-order valence-electron chi connectivity index (χ3n) is 5.03. The van der Waals surface area contributed by atoms with Gasteiger partial charge >= 0.3 is 0 Å². The lowest BCUT2D eigenvalue weighted by Gasteiger charge is -2.28. The molecule has 1 aliphatic rings.